The lowest BCUT2D eigenvalue weighted by Crippen LogP contribution is -2.43. The number of piperidine rings is 1. The molecule has 1 saturated heterocycles. The zero-order valence-electron chi connectivity index (χ0n) is 10.8. The largest absolute Gasteiger partial charge is 0.450 e. The summed E-state index contributed by atoms with van der Waals surface area (Å²) in [5, 5.41) is 9.03. The molecule has 1 aromatic heterocycles. The zero-order valence-corrected chi connectivity index (χ0v) is 13.2. The fourth-order valence-electron chi connectivity index (χ4n) is 2.48. The van der Waals surface area contributed by atoms with Gasteiger partial charge in [0.1, 0.15) is 17.3 Å². The van der Waals surface area contributed by atoms with Gasteiger partial charge < -0.3 is 9.52 Å². The second-order valence-corrected chi connectivity index (χ2v) is 7.26. The minimum atomic E-state index is -3.56. The molecule has 108 valence electrons. The molecule has 0 radical (unpaired) electrons. The van der Waals surface area contributed by atoms with E-state index < -0.39 is 10.0 Å². The maximum atomic E-state index is 12.7. The van der Waals surface area contributed by atoms with Crippen molar-refractivity contribution in [3.05, 3.63) is 16.5 Å². The van der Waals surface area contributed by atoms with E-state index in [2.05, 4.69) is 15.9 Å². The number of hydrogen-bond donors (Lipinski definition) is 1. The van der Waals surface area contributed by atoms with E-state index in [1.807, 2.05) is 6.92 Å². The third kappa shape index (κ3) is 2.89. The van der Waals surface area contributed by atoms with Crippen molar-refractivity contribution >= 4 is 26.0 Å². The highest BCUT2D eigenvalue weighted by atomic mass is 79.9. The molecular formula is C12H18BrNO4S. The molecule has 1 aliphatic rings. The summed E-state index contributed by atoms with van der Waals surface area (Å²) in [6.45, 7) is 2.24. The second kappa shape index (κ2) is 5.95. The molecule has 1 N–H and O–H groups in total. The van der Waals surface area contributed by atoms with Gasteiger partial charge in [0, 0.05) is 18.7 Å². The first-order valence-electron chi connectivity index (χ1n) is 6.41. The van der Waals surface area contributed by atoms with Gasteiger partial charge in [-0.15, -0.1) is 0 Å². The molecule has 2 heterocycles. The van der Waals surface area contributed by atoms with Crippen molar-refractivity contribution in [2.24, 2.45) is 0 Å². The first-order valence-corrected chi connectivity index (χ1v) is 8.65. The Kier molecular flexibility index (Phi) is 4.70. The van der Waals surface area contributed by atoms with Crippen molar-refractivity contribution in [1.82, 2.24) is 4.31 Å². The summed E-state index contributed by atoms with van der Waals surface area (Å²) in [5.41, 5.74) is 0. The fourth-order valence-corrected chi connectivity index (χ4v) is 5.21. The molecule has 5 nitrogen and oxygen atoms in total. The Hall–Kier alpha value is -0.370. The van der Waals surface area contributed by atoms with E-state index in [1.165, 1.54) is 6.07 Å². The molecule has 0 bridgehead atoms. The van der Waals surface area contributed by atoms with Crippen molar-refractivity contribution in [3.8, 4) is 0 Å². The van der Waals surface area contributed by atoms with Gasteiger partial charge in [-0.3, -0.25) is 0 Å². The van der Waals surface area contributed by atoms with E-state index in [-0.39, 0.29) is 28.0 Å². The summed E-state index contributed by atoms with van der Waals surface area (Å²) in [5.74, 6) is 0.246. The van der Waals surface area contributed by atoms with Gasteiger partial charge in [0.25, 0.3) is 0 Å². The van der Waals surface area contributed by atoms with Crippen LogP contribution >= 0.6 is 15.9 Å². The molecule has 0 aromatic carbocycles. The number of rotatable bonds is 4. The van der Waals surface area contributed by atoms with E-state index >= 15 is 0 Å². The summed E-state index contributed by atoms with van der Waals surface area (Å²) in [6, 6.07) is 1.44. The van der Waals surface area contributed by atoms with E-state index in [0.29, 0.717) is 6.54 Å². The maximum absolute atomic E-state index is 12.7. The van der Waals surface area contributed by atoms with Gasteiger partial charge >= 0.3 is 0 Å². The normalized spacial score (nSPS) is 21.7. The lowest BCUT2D eigenvalue weighted by molar-refractivity contribution is 0.243. The van der Waals surface area contributed by atoms with Crippen LogP contribution in [0.25, 0.3) is 0 Å². The standard InChI is InChI=1S/C12H18BrNO4S/c1-2-9-5-3-4-6-14(9)19(16,17)11-7-10(8-15)18-12(11)13/h7,9,15H,2-6,8H2,1H3. The van der Waals surface area contributed by atoms with Crippen molar-refractivity contribution < 1.29 is 17.9 Å². The van der Waals surface area contributed by atoms with Gasteiger partial charge in [0.05, 0.1) is 0 Å². The minimum Gasteiger partial charge on any atom is -0.450 e. The first-order chi connectivity index (χ1) is 9.00. The molecule has 0 saturated carbocycles. The van der Waals surface area contributed by atoms with Crippen LogP contribution in [0.15, 0.2) is 20.0 Å². The number of sulfonamides is 1. The van der Waals surface area contributed by atoms with Crippen LogP contribution in [-0.2, 0) is 16.6 Å². The van der Waals surface area contributed by atoms with E-state index in [9.17, 15) is 8.42 Å². The molecule has 2 rings (SSSR count). The number of nitrogens with zero attached hydrogens (tertiary/aromatic N) is 1. The molecule has 1 atom stereocenters. The van der Waals surface area contributed by atoms with Crippen molar-refractivity contribution in [3.63, 3.8) is 0 Å². The molecular weight excluding hydrogens is 334 g/mol. The number of aliphatic hydroxyl groups is 1. The molecule has 19 heavy (non-hydrogen) atoms. The van der Waals surface area contributed by atoms with E-state index in [4.69, 9.17) is 9.52 Å². The summed E-state index contributed by atoms with van der Waals surface area (Å²) in [6.07, 6.45) is 3.66. The van der Waals surface area contributed by atoms with Crippen LogP contribution in [0, 0.1) is 0 Å². The first kappa shape index (κ1) is 15.0. The molecule has 7 heteroatoms. The van der Waals surface area contributed by atoms with Gasteiger partial charge in [-0.25, -0.2) is 8.42 Å². The fraction of sp³-hybridized carbons (Fsp3) is 0.667. The van der Waals surface area contributed by atoms with Crippen LogP contribution in [0.1, 0.15) is 38.4 Å². The highest BCUT2D eigenvalue weighted by Gasteiger charge is 2.35. The van der Waals surface area contributed by atoms with Crippen LogP contribution < -0.4 is 0 Å². The van der Waals surface area contributed by atoms with Gasteiger partial charge in [0.15, 0.2) is 4.67 Å². The quantitative estimate of drug-likeness (QED) is 0.904. The molecule has 1 aliphatic heterocycles. The number of furan rings is 1. The lowest BCUT2D eigenvalue weighted by atomic mass is 10.0. The number of hydrogen-bond acceptors (Lipinski definition) is 4. The second-order valence-electron chi connectivity index (χ2n) is 4.68. The molecule has 1 fully saturated rings. The number of halogens is 1. The Morgan fingerprint density at radius 2 is 2.26 bits per heavy atom. The van der Waals surface area contributed by atoms with Crippen LogP contribution in [0.2, 0.25) is 0 Å². The van der Waals surface area contributed by atoms with Crippen LogP contribution in [0.4, 0.5) is 0 Å². The van der Waals surface area contributed by atoms with Gasteiger partial charge in [-0.2, -0.15) is 4.31 Å². The third-order valence-electron chi connectivity index (χ3n) is 3.49. The Morgan fingerprint density at radius 3 is 2.84 bits per heavy atom. The number of aliphatic hydroxyl groups excluding tert-OH is 1. The third-order valence-corrected chi connectivity index (χ3v) is 6.30. The molecule has 0 amide bonds. The summed E-state index contributed by atoms with van der Waals surface area (Å²) < 4.78 is 32.2. The highest BCUT2D eigenvalue weighted by molar-refractivity contribution is 9.10. The van der Waals surface area contributed by atoms with Crippen molar-refractivity contribution in [1.29, 1.82) is 0 Å². The molecule has 1 aromatic rings. The minimum absolute atomic E-state index is 0.0538. The monoisotopic (exact) mass is 351 g/mol. The molecule has 0 aliphatic carbocycles. The average Bonchev–Trinajstić information content (AvgIpc) is 2.80. The van der Waals surface area contributed by atoms with Crippen LogP contribution in [-0.4, -0.2) is 30.4 Å². The smallest absolute Gasteiger partial charge is 0.247 e. The van der Waals surface area contributed by atoms with Gasteiger partial charge in [0.2, 0.25) is 10.0 Å². The predicted octanol–water partition coefficient (Wildman–Crippen LogP) is 2.49. The van der Waals surface area contributed by atoms with Gasteiger partial charge in [-0.1, -0.05) is 13.3 Å². The van der Waals surface area contributed by atoms with Gasteiger partial charge in [-0.05, 0) is 35.2 Å². The molecule has 1 unspecified atom stereocenters. The summed E-state index contributed by atoms with van der Waals surface area (Å²) in [4.78, 5) is 0.108. The summed E-state index contributed by atoms with van der Waals surface area (Å²) in [7, 11) is -3.56. The summed E-state index contributed by atoms with van der Waals surface area (Å²) >= 11 is 3.12. The predicted molar refractivity (Wildman–Crippen MR) is 74.2 cm³/mol. The van der Waals surface area contributed by atoms with Crippen molar-refractivity contribution in [2.75, 3.05) is 6.54 Å². The Balaban J connectivity index is 2.37. The van der Waals surface area contributed by atoms with Crippen LogP contribution in [0.5, 0.6) is 0 Å². The van der Waals surface area contributed by atoms with E-state index in [1.54, 1.807) is 4.31 Å². The zero-order chi connectivity index (χ0) is 14.0. The topological polar surface area (TPSA) is 70.8 Å². The molecule has 0 spiro atoms. The Morgan fingerprint density at radius 1 is 1.53 bits per heavy atom. The maximum Gasteiger partial charge on any atom is 0.247 e. The Labute approximate surface area is 121 Å². The SMILES string of the molecule is CCC1CCCCN1S(=O)(=O)c1cc(CO)oc1Br. The lowest BCUT2D eigenvalue weighted by Gasteiger charge is -2.33. The average molecular weight is 352 g/mol. The Bertz CT molecular complexity index is 540. The van der Waals surface area contributed by atoms with Crippen molar-refractivity contribution in [2.45, 2.75) is 50.2 Å². The highest BCUT2D eigenvalue weighted by Crippen LogP contribution is 2.32. The van der Waals surface area contributed by atoms with E-state index in [0.717, 1.165) is 25.7 Å². The van der Waals surface area contributed by atoms with Crippen LogP contribution in [0.3, 0.4) is 0 Å².